The largest absolute Gasteiger partial charge is 0.378 e. The first kappa shape index (κ1) is 19.7. The number of hydrogen-bond acceptors (Lipinski definition) is 7. The molecule has 0 amide bonds. The molecule has 9 heteroatoms. The summed E-state index contributed by atoms with van der Waals surface area (Å²) in [6, 6.07) is 0. The summed E-state index contributed by atoms with van der Waals surface area (Å²) in [6.45, 7) is 3.35. The van der Waals surface area contributed by atoms with Crippen molar-refractivity contribution in [3.8, 4) is 0 Å². The number of halogens is 1. The maximum absolute atomic E-state index is 11.3. The van der Waals surface area contributed by atoms with Gasteiger partial charge in [0.2, 0.25) is 0 Å². The molecule has 0 aliphatic heterocycles. The molecule has 0 fully saturated rings. The maximum Gasteiger partial charge on any atom is 0.146 e. The minimum absolute atomic E-state index is 0.218. The first-order valence-corrected chi connectivity index (χ1v) is 9.47. The van der Waals surface area contributed by atoms with Gasteiger partial charge >= 0.3 is 0 Å². The number of rotatable bonds is 14. The van der Waals surface area contributed by atoms with Crippen molar-refractivity contribution in [1.29, 1.82) is 0 Å². The Labute approximate surface area is 128 Å². The molecule has 1 unspecified atom stereocenters. The van der Waals surface area contributed by atoms with Crippen LogP contribution in [0.5, 0.6) is 0 Å². The second-order valence-corrected chi connectivity index (χ2v) is 7.12. The van der Waals surface area contributed by atoms with Gasteiger partial charge in [0.15, 0.2) is 0 Å². The van der Waals surface area contributed by atoms with E-state index in [0.717, 1.165) is 0 Å². The van der Waals surface area contributed by atoms with E-state index in [9.17, 15) is 4.21 Å². The van der Waals surface area contributed by atoms with Gasteiger partial charge < -0.3 is 18.9 Å². The molecule has 0 aliphatic rings. The molecular weight excluding hydrogens is 360 g/mol. The number of hydrogen-bond donors (Lipinski definition) is 0. The van der Waals surface area contributed by atoms with Crippen molar-refractivity contribution in [3.63, 3.8) is 0 Å². The van der Waals surface area contributed by atoms with E-state index >= 15 is 0 Å². The van der Waals surface area contributed by atoms with Crippen LogP contribution in [0.25, 0.3) is 0 Å². The van der Waals surface area contributed by atoms with Crippen LogP contribution in [0.1, 0.15) is 0 Å². The van der Waals surface area contributed by atoms with Gasteiger partial charge in [0.25, 0.3) is 0 Å². The van der Waals surface area contributed by atoms with Gasteiger partial charge in [0.1, 0.15) is 14.3 Å². The molecule has 0 bridgehead atoms. The Morgan fingerprint density at radius 2 is 1.32 bits per heavy atom. The summed E-state index contributed by atoms with van der Waals surface area (Å²) in [7, 11) is -1.26. The summed E-state index contributed by atoms with van der Waals surface area (Å²) in [5.41, 5.74) is 0.518. The molecule has 0 aromatic carbocycles. The van der Waals surface area contributed by atoms with Crippen LogP contribution in [-0.2, 0) is 43.1 Å². The van der Waals surface area contributed by atoms with Crippen LogP contribution in [0.2, 0.25) is 0 Å². The summed E-state index contributed by atoms with van der Waals surface area (Å²) < 4.78 is 36.7. The summed E-state index contributed by atoms with van der Waals surface area (Å²) >= 11 is 7.83. The fraction of sp³-hybridized carbons (Fsp3) is 1.00. The molecule has 0 heterocycles. The standard InChI is InChI=1S/C10H21BrO6S2/c1-13-19(12,18)9-8-16-5-4-14-2-3-15-6-7-17-10-11/h2-10H2,1H3. The van der Waals surface area contributed by atoms with Crippen LogP contribution in [0, 0.1) is 0 Å². The smallest absolute Gasteiger partial charge is 0.146 e. The molecule has 0 aliphatic carbocycles. The Bertz CT molecular complexity index is 286. The Morgan fingerprint density at radius 1 is 0.895 bits per heavy atom. The fourth-order valence-corrected chi connectivity index (χ4v) is 1.88. The molecule has 0 aromatic heterocycles. The number of ether oxygens (including phenoxy) is 4. The first-order chi connectivity index (χ1) is 9.12. The van der Waals surface area contributed by atoms with Crippen molar-refractivity contribution in [2.24, 2.45) is 0 Å². The summed E-state index contributed by atoms with van der Waals surface area (Å²) in [5, 5.41) is 0. The minimum atomic E-state index is -2.60. The molecule has 0 rings (SSSR count). The van der Waals surface area contributed by atoms with E-state index in [2.05, 4.69) is 31.3 Å². The monoisotopic (exact) mass is 380 g/mol. The van der Waals surface area contributed by atoms with E-state index < -0.39 is 8.77 Å². The zero-order valence-electron chi connectivity index (χ0n) is 11.0. The predicted molar refractivity (Wildman–Crippen MR) is 79.6 cm³/mol. The third-order valence-corrected chi connectivity index (χ3v) is 4.33. The lowest BCUT2D eigenvalue weighted by molar-refractivity contribution is 0.00458. The highest BCUT2D eigenvalue weighted by atomic mass is 79.9. The first-order valence-electron chi connectivity index (χ1n) is 5.77. The topological polar surface area (TPSA) is 63.2 Å². The van der Waals surface area contributed by atoms with Crippen LogP contribution in [0.3, 0.4) is 0 Å². The Morgan fingerprint density at radius 3 is 1.74 bits per heavy atom. The van der Waals surface area contributed by atoms with Crippen LogP contribution >= 0.6 is 15.9 Å². The van der Waals surface area contributed by atoms with Crippen LogP contribution in [0.4, 0.5) is 0 Å². The van der Waals surface area contributed by atoms with E-state index in [0.29, 0.717) is 51.8 Å². The average molecular weight is 381 g/mol. The Balaban J connectivity index is 3.11. The third-order valence-electron chi connectivity index (χ3n) is 1.92. The van der Waals surface area contributed by atoms with Crippen molar-refractivity contribution >= 4 is 35.9 Å². The van der Waals surface area contributed by atoms with Crippen molar-refractivity contribution < 1.29 is 27.3 Å². The lowest BCUT2D eigenvalue weighted by Crippen LogP contribution is -2.15. The predicted octanol–water partition coefficient (Wildman–Crippen LogP) is 0.713. The fourth-order valence-electron chi connectivity index (χ4n) is 0.959. The van der Waals surface area contributed by atoms with Crippen molar-refractivity contribution in [2.75, 3.05) is 64.6 Å². The maximum atomic E-state index is 11.3. The van der Waals surface area contributed by atoms with Gasteiger partial charge in [-0.25, -0.2) is 4.21 Å². The second kappa shape index (κ2) is 13.6. The quantitative estimate of drug-likeness (QED) is 0.324. The van der Waals surface area contributed by atoms with Crippen LogP contribution in [-0.4, -0.2) is 68.8 Å². The highest BCUT2D eigenvalue weighted by Crippen LogP contribution is 1.91. The molecule has 116 valence electrons. The molecule has 0 N–H and O–H groups in total. The van der Waals surface area contributed by atoms with Gasteiger partial charge in [-0.3, -0.25) is 4.18 Å². The summed E-state index contributed by atoms with van der Waals surface area (Å²) in [6.07, 6.45) is 0. The summed E-state index contributed by atoms with van der Waals surface area (Å²) in [5.74, 6) is 0.218. The van der Waals surface area contributed by atoms with Crippen LogP contribution in [0.15, 0.2) is 0 Å². The highest BCUT2D eigenvalue weighted by molar-refractivity contribution is 9.09. The van der Waals surface area contributed by atoms with Crippen molar-refractivity contribution in [3.05, 3.63) is 0 Å². The molecule has 1 atom stereocenters. The zero-order valence-corrected chi connectivity index (χ0v) is 14.2. The molecular formula is C10H21BrO6S2. The van der Waals surface area contributed by atoms with Gasteiger partial charge in [0, 0.05) is 11.2 Å². The van der Waals surface area contributed by atoms with E-state index in [4.69, 9.17) is 18.9 Å². The lowest BCUT2D eigenvalue weighted by atomic mass is 10.7. The third kappa shape index (κ3) is 14.9. The zero-order chi connectivity index (χ0) is 14.4. The Kier molecular flexibility index (Phi) is 14.1. The molecule has 0 saturated heterocycles. The number of alkyl halides is 1. The van der Waals surface area contributed by atoms with Gasteiger partial charge in [0.05, 0.1) is 59.1 Å². The van der Waals surface area contributed by atoms with Gasteiger partial charge in [-0.15, -0.1) is 0 Å². The SMILES string of the molecule is COS(=O)(=S)CCOCCOCCOCCOCBr. The Hall–Kier alpha value is 0.650. The average Bonchev–Trinajstić information content (AvgIpc) is 2.40. The van der Waals surface area contributed by atoms with Gasteiger partial charge in [-0.2, -0.15) is 0 Å². The summed E-state index contributed by atoms with van der Waals surface area (Å²) in [4.78, 5) is 0. The highest BCUT2D eigenvalue weighted by Gasteiger charge is 2.03. The molecule has 19 heavy (non-hydrogen) atoms. The van der Waals surface area contributed by atoms with E-state index in [1.807, 2.05) is 0 Å². The van der Waals surface area contributed by atoms with Crippen molar-refractivity contribution in [1.82, 2.24) is 0 Å². The van der Waals surface area contributed by atoms with E-state index in [-0.39, 0.29) is 5.75 Å². The van der Waals surface area contributed by atoms with Gasteiger partial charge in [-0.1, -0.05) is 15.9 Å². The second-order valence-electron chi connectivity index (χ2n) is 3.28. The van der Waals surface area contributed by atoms with E-state index in [1.165, 1.54) is 7.11 Å². The van der Waals surface area contributed by atoms with Gasteiger partial charge in [-0.05, 0) is 0 Å². The molecule has 0 spiro atoms. The molecule has 0 saturated carbocycles. The minimum Gasteiger partial charge on any atom is -0.378 e. The molecule has 0 aromatic rings. The lowest BCUT2D eigenvalue weighted by Gasteiger charge is -2.07. The van der Waals surface area contributed by atoms with Crippen LogP contribution < -0.4 is 0 Å². The van der Waals surface area contributed by atoms with E-state index in [1.54, 1.807) is 0 Å². The molecule has 0 radical (unpaired) electrons. The molecule has 6 nitrogen and oxygen atoms in total. The normalized spacial score (nSPS) is 14.4. The van der Waals surface area contributed by atoms with Crippen molar-refractivity contribution in [2.45, 2.75) is 0 Å².